The number of halogens is 1. The van der Waals surface area contributed by atoms with E-state index >= 15 is 0 Å². The second kappa shape index (κ2) is 5.24. The Morgan fingerprint density at radius 1 is 1.47 bits per heavy atom. The standard InChI is InChI=1S/C12H19FN2/c1-4-8(2)12(15-14)10-5-6-11(13)9(3)7-10/h5-8,12,15H,4,14H2,1-3H3. The molecule has 0 saturated carbocycles. The lowest BCUT2D eigenvalue weighted by Crippen LogP contribution is -2.32. The molecule has 0 heterocycles. The third-order valence-corrected chi connectivity index (χ3v) is 2.93. The van der Waals surface area contributed by atoms with Gasteiger partial charge in [-0.05, 0) is 30.0 Å². The van der Waals surface area contributed by atoms with Crippen LogP contribution in [0.3, 0.4) is 0 Å². The van der Waals surface area contributed by atoms with Crippen LogP contribution in [0.4, 0.5) is 4.39 Å². The second-order valence-corrected chi connectivity index (χ2v) is 4.04. The Bertz CT molecular complexity index is 325. The molecule has 0 saturated heterocycles. The highest BCUT2D eigenvalue weighted by molar-refractivity contribution is 5.26. The van der Waals surface area contributed by atoms with Crippen molar-refractivity contribution in [2.45, 2.75) is 33.2 Å². The summed E-state index contributed by atoms with van der Waals surface area (Å²) in [6, 6.07) is 5.23. The van der Waals surface area contributed by atoms with Crippen molar-refractivity contribution < 1.29 is 4.39 Å². The van der Waals surface area contributed by atoms with Crippen LogP contribution in [0.25, 0.3) is 0 Å². The molecule has 1 aromatic carbocycles. The van der Waals surface area contributed by atoms with E-state index < -0.39 is 0 Å². The number of nitrogens with two attached hydrogens (primary N) is 1. The van der Waals surface area contributed by atoms with E-state index in [9.17, 15) is 4.39 Å². The van der Waals surface area contributed by atoms with E-state index in [1.165, 1.54) is 6.07 Å². The van der Waals surface area contributed by atoms with Gasteiger partial charge in [0.05, 0.1) is 0 Å². The van der Waals surface area contributed by atoms with Crippen molar-refractivity contribution in [3.05, 3.63) is 35.1 Å². The summed E-state index contributed by atoms with van der Waals surface area (Å²) < 4.78 is 13.1. The Morgan fingerprint density at radius 3 is 2.60 bits per heavy atom. The van der Waals surface area contributed by atoms with E-state index in [1.54, 1.807) is 13.0 Å². The van der Waals surface area contributed by atoms with Crippen LogP contribution >= 0.6 is 0 Å². The van der Waals surface area contributed by atoms with Crippen LogP contribution in [0.5, 0.6) is 0 Å². The molecule has 3 N–H and O–H groups in total. The Morgan fingerprint density at radius 2 is 2.13 bits per heavy atom. The number of hydrogen-bond acceptors (Lipinski definition) is 2. The van der Waals surface area contributed by atoms with Crippen LogP contribution in [0, 0.1) is 18.7 Å². The number of hydrazine groups is 1. The lowest BCUT2D eigenvalue weighted by molar-refractivity contribution is 0.382. The molecule has 0 spiro atoms. The topological polar surface area (TPSA) is 38.0 Å². The summed E-state index contributed by atoms with van der Waals surface area (Å²) in [6.45, 7) is 6.01. The maximum atomic E-state index is 13.1. The van der Waals surface area contributed by atoms with Crippen LogP contribution < -0.4 is 11.3 Å². The van der Waals surface area contributed by atoms with Crippen molar-refractivity contribution >= 4 is 0 Å². The van der Waals surface area contributed by atoms with Crippen LogP contribution in [-0.2, 0) is 0 Å². The van der Waals surface area contributed by atoms with Gasteiger partial charge in [-0.2, -0.15) is 0 Å². The number of nitrogens with one attached hydrogen (secondary N) is 1. The number of aryl methyl sites for hydroxylation is 1. The third kappa shape index (κ3) is 2.76. The van der Waals surface area contributed by atoms with Gasteiger partial charge in [0.2, 0.25) is 0 Å². The molecule has 3 heteroatoms. The fourth-order valence-electron chi connectivity index (χ4n) is 1.69. The normalized spacial score (nSPS) is 15.0. The predicted octanol–water partition coefficient (Wildman–Crippen LogP) is 2.68. The summed E-state index contributed by atoms with van der Waals surface area (Å²) in [7, 11) is 0. The van der Waals surface area contributed by atoms with E-state index in [1.807, 2.05) is 6.07 Å². The van der Waals surface area contributed by atoms with E-state index in [4.69, 9.17) is 5.84 Å². The highest BCUT2D eigenvalue weighted by atomic mass is 19.1. The maximum Gasteiger partial charge on any atom is 0.126 e. The minimum Gasteiger partial charge on any atom is -0.271 e. The Labute approximate surface area is 90.6 Å². The van der Waals surface area contributed by atoms with Crippen LogP contribution in [-0.4, -0.2) is 0 Å². The lowest BCUT2D eigenvalue weighted by atomic mass is 9.92. The first-order valence-electron chi connectivity index (χ1n) is 5.32. The van der Waals surface area contributed by atoms with Crippen LogP contribution in [0.1, 0.15) is 37.4 Å². The van der Waals surface area contributed by atoms with Gasteiger partial charge in [-0.25, -0.2) is 4.39 Å². The van der Waals surface area contributed by atoms with Gasteiger partial charge >= 0.3 is 0 Å². The highest BCUT2D eigenvalue weighted by Crippen LogP contribution is 2.24. The summed E-state index contributed by atoms with van der Waals surface area (Å²) >= 11 is 0. The summed E-state index contributed by atoms with van der Waals surface area (Å²) in [5.41, 5.74) is 4.50. The zero-order valence-electron chi connectivity index (χ0n) is 9.55. The fourth-order valence-corrected chi connectivity index (χ4v) is 1.69. The molecule has 0 fully saturated rings. The molecular formula is C12H19FN2. The molecule has 0 aliphatic carbocycles. The quantitative estimate of drug-likeness (QED) is 0.592. The van der Waals surface area contributed by atoms with E-state index in [-0.39, 0.29) is 11.9 Å². The van der Waals surface area contributed by atoms with Crippen molar-refractivity contribution in [1.82, 2.24) is 5.43 Å². The van der Waals surface area contributed by atoms with Crippen molar-refractivity contribution in [2.24, 2.45) is 11.8 Å². The van der Waals surface area contributed by atoms with Gasteiger partial charge in [-0.15, -0.1) is 0 Å². The van der Waals surface area contributed by atoms with E-state index in [2.05, 4.69) is 19.3 Å². The maximum absolute atomic E-state index is 13.1. The van der Waals surface area contributed by atoms with Gasteiger partial charge in [0.25, 0.3) is 0 Å². The molecule has 0 aliphatic heterocycles. The lowest BCUT2D eigenvalue weighted by Gasteiger charge is -2.22. The summed E-state index contributed by atoms with van der Waals surface area (Å²) in [6.07, 6.45) is 1.03. The van der Waals surface area contributed by atoms with Crippen molar-refractivity contribution in [3.8, 4) is 0 Å². The summed E-state index contributed by atoms with van der Waals surface area (Å²) in [5, 5.41) is 0. The van der Waals surface area contributed by atoms with Gasteiger partial charge in [-0.1, -0.05) is 32.4 Å². The van der Waals surface area contributed by atoms with Crippen LogP contribution in [0.2, 0.25) is 0 Å². The van der Waals surface area contributed by atoms with Crippen molar-refractivity contribution in [2.75, 3.05) is 0 Å². The fraction of sp³-hybridized carbons (Fsp3) is 0.500. The zero-order valence-corrected chi connectivity index (χ0v) is 9.55. The van der Waals surface area contributed by atoms with Gasteiger partial charge in [0.1, 0.15) is 5.82 Å². The molecule has 2 nitrogen and oxygen atoms in total. The molecule has 1 aromatic rings. The summed E-state index contributed by atoms with van der Waals surface area (Å²) in [5.74, 6) is 5.79. The van der Waals surface area contributed by atoms with E-state index in [0.717, 1.165) is 12.0 Å². The molecule has 0 amide bonds. The van der Waals surface area contributed by atoms with Crippen molar-refractivity contribution in [1.29, 1.82) is 0 Å². The number of rotatable bonds is 4. The average molecular weight is 210 g/mol. The summed E-state index contributed by atoms with van der Waals surface area (Å²) in [4.78, 5) is 0. The molecular weight excluding hydrogens is 191 g/mol. The van der Waals surface area contributed by atoms with Gasteiger partial charge in [0.15, 0.2) is 0 Å². The smallest absolute Gasteiger partial charge is 0.126 e. The molecule has 0 bridgehead atoms. The molecule has 84 valence electrons. The number of benzene rings is 1. The third-order valence-electron chi connectivity index (χ3n) is 2.93. The Balaban J connectivity index is 2.97. The van der Waals surface area contributed by atoms with Crippen LogP contribution in [0.15, 0.2) is 18.2 Å². The number of hydrogen-bond donors (Lipinski definition) is 2. The zero-order chi connectivity index (χ0) is 11.4. The molecule has 0 aromatic heterocycles. The van der Waals surface area contributed by atoms with Gasteiger partial charge in [-0.3, -0.25) is 11.3 Å². The molecule has 0 aliphatic rings. The first kappa shape index (κ1) is 12.1. The minimum absolute atomic E-state index is 0.0919. The minimum atomic E-state index is -0.168. The highest BCUT2D eigenvalue weighted by Gasteiger charge is 2.16. The first-order chi connectivity index (χ1) is 7.10. The van der Waals surface area contributed by atoms with Crippen molar-refractivity contribution in [3.63, 3.8) is 0 Å². The van der Waals surface area contributed by atoms with Gasteiger partial charge < -0.3 is 0 Å². The molecule has 1 rings (SSSR count). The molecule has 2 atom stereocenters. The monoisotopic (exact) mass is 210 g/mol. The SMILES string of the molecule is CCC(C)C(NN)c1ccc(F)c(C)c1. The molecule has 0 radical (unpaired) electrons. The average Bonchev–Trinajstić information content (AvgIpc) is 2.24. The largest absolute Gasteiger partial charge is 0.271 e. The Hall–Kier alpha value is -0.930. The first-order valence-corrected chi connectivity index (χ1v) is 5.32. The second-order valence-electron chi connectivity index (χ2n) is 4.04. The predicted molar refractivity (Wildman–Crippen MR) is 60.7 cm³/mol. The molecule has 15 heavy (non-hydrogen) atoms. The molecule has 2 unspecified atom stereocenters. The van der Waals surface area contributed by atoms with Gasteiger partial charge in [0, 0.05) is 6.04 Å². The Kier molecular flexibility index (Phi) is 4.24. The van der Waals surface area contributed by atoms with E-state index in [0.29, 0.717) is 11.5 Å².